The van der Waals surface area contributed by atoms with Gasteiger partial charge in [-0.25, -0.2) is 0 Å². The molecule has 5 heteroatoms. The number of pyridine rings is 1. The number of carbonyl (C=O) groups is 1. The topological polar surface area (TPSA) is 59.4 Å². The summed E-state index contributed by atoms with van der Waals surface area (Å²) in [5.74, 6) is 0.743. The molecule has 1 heterocycles. The molecule has 0 unspecified atom stereocenters. The molecule has 1 aromatic heterocycles. The van der Waals surface area contributed by atoms with E-state index >= 15 is 0 Å². The first-order chi connectivity index (χ1) is 12.0. The Kier molecular flexibility index (Phi) is 8.69. The summed E-state index contributed by atoms with van der Waals surface area (Å²) in [4.78, 5) is 14.6. The second-order valence-corrected chi connectivity index (χ2v) is 5.43. The van der Waals surface area contributed by atoms with Gasteiger partial charge in [-0.05, 0) is 31.0 Å². The van der Waals surface area contributed by atoms with Crippen molar-refractivity contribution in [1.82, 2.24) is 4.98 Å². The van der Waals surface area contributed by atoms with Crippen LogP contribution in [0.25, 0.3) is 22.2 Å². The molecular formula is C21H20IrNO3-. The summed E-state index contributed by atoms with van der Waals surface area (Å²) in [5.41, 5.74) is 2.90. The molecule has 137 valence electrons. The van der Waals surface area contributed by atoms with Crippen molar-refractivity contribution < 1.29 is 34.7 Å². The Morgan fingerprint density at radius 2 is 1.85 bits per heavy atom. The normalized spacial score (nSPS) is 10.3. The standard InChI is InChI=1S/C16H12NO.C5H8O2.Ir/c1-18-14-9-6-13(7-10-14)16-11-8-12-4-2-3-5-15(12)17-16;1-4(6)3-5(2)7;/h2-6,8-11H,1H3;3,6H,1-2H3;/q-1;;/b;4-3-;. The van der Waals surface area contributed by atoms with Gasteiger partial charge in [-0.15, -0.1) is 29.8 Å². The van der Waals surface area contributed by atoms with Crippen LogP contribution >= 0.6 is 0 Å². The fourth-order valence-electron chi connectivity index (χ4n) is 2.21. The maximum Gasteiger partial charge on any atom is 0.155 e. The Balaban J connectivity index is 0.000000366. The van der Waals surface area contributed by atoms with Crippen molar-refractivity contribution in [3.63, 3.8) is 0 Å². The van der Waals surface area contributed by atoms with Crippen LogP contribution in [0.3, 0.4) is 0 Å². The minimum Gasteiger partial charge on any atom is -0.540 e. The van der Waals surface area contributed by atoms with Crippen molar-refractivity contribution in [2.45, 2.75) is 13.8 Å². The Morgan fingerprint density at radius 3 is 2.38 bits per heavy atom. The molecule has 0 aliphatic heterocycles. The van der Waals surface area contributed by atoms with E-state index in [0.717, 1.165) is 27.9 Å². The molecule has 26 heavy (non-hydrogen) atoms. The summed E-state index contributed by atoms with van der Waals surface area (Å²) in [5, 5.41) is 9.51. The van der Waals surface area contributed by atoms with Gasteiger partial charge in [0, 0.05) is 31.9 Å². The number of aromatic nitrogens is 1. The number of ether oxygens (including phenoxy) is 1. The van der Waals surface area contributed by atoms with Gasteiger partial charge in [-0.3, -0.25) is 9.78 Å². The van der Waals surface area contributed by atoms with Gasteiger partial charge in [0.1, 0.15) is 0 Å². The van der Waals surface area contributed by atoms with E-state index in [-0.39, 0.29) is 31.6 Å². The minimum absolute atomic E-state index is 0. The number of carbonyl (C=O) groups excluding carboxylic acids is 1. The van der Waals surface area contributed by atoms with Gasteiger partial charge in [0.15, 0.2) is 5.78 Å². The molecule has 0 atom stereocenters. The third kappa shape index (κ3) is 6.43. The molecule has 1 radical (unpaired) electrons. The van der Waals surface area contributed by atoms with Crippen molar-refractivity contribution in [1.29, 1.82) is 0 Å². The Hall–Kier alpha value is -2.49. The van der Waals surface area contributed by atoms with Crippen molar-refractivity contribution >= 4 is 16.7 Å². The Morgan fingerprint density at radius 1 is 1.12 bits per heavy atom. The molecule has 0 aliphatic rings. The SMILES string of the molecule is CC(=O)/C=C(/C)O.COc1c[c-]c(-c2ccc3ccccc3n2)cc1.[Ir]. The van der Waals surface area contributed by atoms with Gasteiger partial charge in [-0.1, -0.05) is 30.3 Å². The third-order valence-electron chi connectivity index (χ3n) is 3.31. The van der Waals surface area contributed by atoms with E-state index in [9.17, 15) is 4.79 Å². The molecular weight excluding hydrogens is 506 g/mol. The molecule has 0 aliphatic carbocycles. The van der Waals surface area contributed by atoms with E-state index in [1.165, 1.54) is 19.9 Å². The number of hydrogen-bond acceptors (Lipinski definition) is 4. The fourth-order valence-corrected chi connectivity index (χ4v) is 2.21. The van der Waals surface area contributed by atoms with Crippen LogP contribution in [0, 0.1) is 6.07 Å². The summed E-state index contributed by atoms with van der Waals surface area (Å²) >= 11 is 0. The monoisotopic (exact) mass is 527 g/mol. The van der Waals surface area contributed by atoms with Gasteiger partial charge < -0.3 is 9.84 Å². The van der Waals surface area contributed by atoms with E-state index in [1.807, 2.05) is 42.5 Å². The first kappa shape index (κ1) is 21.6. The molecule has 0 spiro atoms. The van der Waals surface area contributed by atoms with Crippen LogP contribution in [0.4, 0.5) is 0 Å². The van der Waals surface area contributed by atoms with Gasteiger partial charge in [-0.2, -0.15) is 0 Å². The smallest absolute Gasteiger partial charge is 0.155 e. The van der Waals surface area contributed by atoms with Crippen molar-refractivity contribution in [3.05, 3.63) is 72.5 Å². The molecule has 2 aromatic carbocycles. The molecule has 0 fully saturated rings. The number of hydrogen-bond donors (Lipinski definition) is 1. The van der Waals surface area contributed by atoms with E-state index in [1.54, 1.807) is 7.11 Å². The number of nitrogens with zero attached hydrogens (tertiary/aromatic N) is 1. The second-order valence-electron chi connectivity index (χ2n) is 5.43. The first-order valence-electron chi connectivity index (χ1n) is 7.79. The number of ketones is 1. The number of fused-ring (bicyclic) bond motifs is 1. The van der Waals surface area contributed by atoms with Crippen LogP contribution < -0.4 is 4.74 Å². The molecule has 0 saturated heterocycles. The number of benzene rings is 2. The van der Waals surface area contributed by atoms with E-state index in [2.05, 4.69) is 23.2 Å². The van der Waals surface area contributed by atoms with E-state index in [0.29, 0.717) is 0 Å². The summed E-state index contributed by atoms with van der Waals surface area (Å²) in [6, 6.07) is 21.1. The maximum absolute atomic E-state index is 10.0. The van der Waals surface area contributed by atoms with Crippen LogP contribution in [0.15, 0.2) is 66.4 Å². The molecule has 3 rings (SSSR count). The predicted molar refractivity (Wildman–Crippen MR) is 99.6 cm³/mol. The molecule has 0 bridgehead atoms. The van der Waals surface area contributed by atoms with Crippen LogP contribution in [0.1, 0.15) is 13.8 Å². The average molecular weight is 527 g/mol. The second kappa shape index (κ2) is 10.5. The third-order valence-corrected chi connectivity index (χ3v) is 3.31. The number of para-hydroxylation sites is 1. The number of rotatable bonds is 3. The van der Waals surface area contributed by atoms with Gasteiger partial charge in [0.05, 0.1) is 18.4 Å². The van der Waals surface area contributed by atoms with E-state index in [4.69, 9.17) is 9.84 Å². The van der Waals surface area contributed by atoms with Crippen LogP contribution in [0.5, 0.6) is 5.75 Å². The van der Waals surface area contributed by atoms with Crippen molar-refractivity contribution in [3.8, 4) is 17.0 Å². The Bertz CT molecular complexity index is 885. The maximum atomic E-state index is 10.0. The van der Waals surface area contributed by atoms with Crippen LogP contribution in [-0.4, -0.2) is 23.0 Å². The van der Waals surface area contributed by atoms with Gasteiger partial charge >= 0.3 is 0 Å². The number of methoxy groups -OCH3 is 1. The zero-order valence-electron chi connectivity index (χ0n) is 14.8. The molecule has 3 aromatic rings. The largest absolute Gasteiger partial charge is 0.540 e. The summed E-state index contributed by atoms with van der Waals surface area (Å²) in [7, 11) is 1.65. The zero-order valence-corrected chi connectivity index (χ0v) is 17.2. The van der Waals surface area contributed by atoms with Gasteiger partial charge in [0.2, 0.25) is 0 Å². The number of aliphatic hydroxyl groups excluding tert-OH is 1. The van der Waals surface area contributed by atoms with Crippen LogP contribution in [0.2, 0.25) is 0 Å². The summed E-state index contributed by atoms with van der Waals surface area (Å²) in [6.45, 7) is 2.85. The predicted octanol–water partition coefficient (Wildman–Crippen LogP) is 4.75. The van der Waals surface area contributed by atoms with E-state index < -0.39 is 0 Å². The first-order valence-corrected chi connectivity index (χ1v) is 7.79. The minimum atomic E-state index is -0.125. The number of allylic oxidation sites excluding steroid dienone is 2. The quantitative estimate of drug-likeness (QED) is 0.304. The molecule has 1 N–H and O–H groups in total. The summed E-state index contributed by atoms with van der Waals surface area (Å²) < 4.78 is 5.12. The number of aliphatic hydroxyl groups is 1. The molecule has 0 saturated carbocycles. The molecule has 0 amide bonds. The molecule has 4 nitrogen and oxygen atoms in total. The van der Waals surface area contributed by atoms with Crippen molar-refractivity contribution in [2.24, 2.45) is 0 Å². The van der Waals surface area contributed by atoms with Crippen molar-refractivity contribution in [2.75, 3.05) is 7.11 Å². The Labute approximate surface area is 166 Å². The zero-order chi connectivity index (χ0) is 18.2. The summed E-state index contributed by atoms with van der Waals surface area (Å²) in [6.07, 6.45) is 1.17. The fraction of sp³-hybridized carbons (Fsp3) is 0.143. The average Bonchev–Trinajstić information content (AvgIpc) is 2.61. The van der Waals surface area contributed by atoms with Gasteiger partial charge in [0.25, 0.3) is 0 Å². The van der Waals surface area contributed by atoms with Crippen LogP contribution in [-0.2, 0) is 24.9 Å².